The number of aromatic nitrogens is 1. The molecule has 1 saturated heterocycles. The number of benzene rings is 2. The van der Waals surface area contributed by atoms with Crippen molar-refractivity contribution in [1.82, 2.24) is 10.3 Å². The minimum atomic E-state index is -0.588. The van der Waals surface area contributed by atoms with Gasteiger partial charge in [-0.2, -0.15) is 0 Å². The van der Waals surface area contributed by atoms with Gasteiger partial charge in [-0.15, -0.1) is 0 Å². The van der Waals surface area contributed by atoms with Gasteiger partial charge in [0, 0.05) is 11.6 Å². The van der Waals surface area contributed by atoms with E-state index in [4.69, 9.17) is 0 Å². The number of fused-ring (bicyclic) bond motifs is 1. The third-order valence-corrected chi connectivity index (χ3v) is 5.90. The average molecular weight is 440 g/mol. The first kappa shape index (κ1) is 19.7. The van der Waals surface area contributed by atoms with Crippen LogP contribution in [-0.4, -0.2) is 27.0 Å². The smallest absolute Gasteiger partial charge is 0.290 e. The average Bonchev–Trinajstić information content (AvgIpc) is 3.24. The second kappa shape index (κ2) is 8.05. The van der Waals surface area contributed by atoms with Gasteiger partial charge in [-0.3, -0.25) is 29.8 Å². The first-order valence-electron chi connectivity index (χ1n) is 8.56. The van der Waals surface area contributed by atoms with Crippen LogP contribution >= 0.6 is 23.1 Å². The molecule has 9 nitrogen and oxygen atoms in total. The van der Waals surface area contributed by atoms with Crippen LogP contribution in [0.2, 0.25) is 0 Å². The van der Waals surface area contributed by atoms with E-state index < -0.39 is 22.0 Å². The van der Waals surface area contributed by atoms with Crippen molar-refractivity contribution in [2.75, 3.05) is 5.32 Å². The summed E-state index contributed by atoms with van der Waals surface area (Å²) in [5, 5.41) is 16.2. The predicted octanol–water partition coefficient (Wildman–Crippen LogP) is 3.71. The Morgan fingerprint density at radius 1 is 1.23 bits per heavy atom. The van der Waals surface area contributed by atoms with Crippen LogP contribution in [0.15, 0.2) is 47.4 Å². The summed E-state index contributed by atoms with van der Waals surface area (Å²) < 4.78 is 0.920. The van der Waals surface area contributed by atoms with E-state index >= 15 is 0 Å². The fraction of sp³-hybridized carbons (Fsp3) is 0.0526. The zero-order chi connectivity index (χ0) is 21.3. The van der Waals surface area contributed by atoms with Gasteiger partial charge in [-0.05, 0) is 35.5 Å². The van der Waals surface area contributed by atoms with E-state index in [1.165, 1.54) is 29.5 Å². The van der Waals surface area contributed by atoms with Crippen LogP contribution in [0.25, 0.3) is 16.3 Å². The molecule has 11 heteroatoms. The quantitative estimate of drug-likeness (QED) is 0.351. The van der Waals surface area contributed by atoms with Gasteiger partial charge in [0.05, 0.1) is 26.5 Å². The fourth-order valence-corrected chi connectivity index (χ4v) is 4.39. The molecule has 0 spiro atoms. The molecule has 0 aliphatic carbocycles. The van der Waals surface area contributed by atoms with Crippen LogP contribution in [0.3, 0.4) is 0 Å². The standard InChI is InChI=1S/C19H12N4O5S2/c24-16(21-18-20-12-3-1-2-4-14(12)29-18)9-11-6-5-10(7-13(11)23(27)28)8-15-17(25)22-19(26)30-15/h1-8H,9H2,(H,20,21,24)(H,22,25,26)/b15-8-. The van der Waals surface area contributed by atoms with Crippen LogP contribution in [0.5, 0.6) is 0 Å². The summed E-state index contributed by atoms with van der Waals surface area (Å²) in [4.78, 5) is 50.7. The van der Waals surface area contributed by atoms with Crippen LogP contribution in [-0.2, 0) is 16.0 Å². The number of amides is 3. The molecule has 2 aromatic carbocycles. The van der Waals surface area contributed by atoms with E-state index in [-0.39, 0.29) is 22.6 Å². The number of thiazole rings is 1. The van der Waals surface area contributed by atoms with Crippen molar-refractivity contribution in [2.45, 2.75) is 6.42 Å². The van der Waals surface area contributed by atoms with Crippen molar-refractivity contribution in [3.05, 3.63) is 68.6 Å². The molecule has 3 amide bonds. The Bertz CT molecular complexity index is 1220. The Hall–Kier alpha value is -3.57. The second-order valence-electron chi connectivity index (χ2n) is 6.21. The van der Waals surface area contributed by atoms with Gasteiger partial charge in [-0.1, -0.05) is 35.6 Å². The number of para-hydroxylation sites is 1. The lowest BCUT2D eigenvalue weighted by atomic mass is 10.1. The fourth-order valence-electron chi connectivity index (χ4n) is 2.82. The maximum Gasteiger partial charge on any atom is 0.290 e. The lowest BCUT2D eigenvalue weighted by molar-refractivity contribution is -0.385. The molecule has 150 valence electrons. The van der Waals surface area contributed by atoms with E-state index in [0.29, 0.717) is 10.7 Å². The molecule has 0 radical (unpaired) electrons. The van der Waals surface area contributed by atoms with Gasteiger partial charge in [0.1, 0.15) is 0 Å². The minimum absolute atomic E-state index is 0.149. The Kier molecular flexibility index (Phi) is 5.29. The summed E-state index contributed by atoms with van der Waals surface area (Å²) in [6, 6.07) is 11.7. The van der Waals surface area contributed by atoms with Gasteiger partial charge in [0.15, 0.2) is 5.13 Å². The first-order valence-corrected chi connectivity index (χ1v) is 10.2. The van der Waals surface area contributed by atoms with Crippen molar-refractivity contribution in [3.8, 4) is 0 Å². The topological polar surface area (TPSA) is 131 Å². The van der Waals surface area contributed by atoms with Crippen LogP contribution in [0.1, 0.15) is 11.1 Å². The number of imide groups is 1. The number of nitro benzene ring substituents is 1. The highest BCUT2D eigenvalue weighted by Gasteiger charge is 2.25. The lowest BCUT2D eigenvalue weighted by Gasteiger charge is -2.05. The molecular formula is C19H12N4O5S2. The third kappa shape index (κ3) is 4.21. The van der Waals surface area contributed by atoms with Crippen molar-refractivity contribution >= 4 is 67.3 Å². The molecule has 0 unspecified atom stereocenters. The largest absolute Gasteiger partial charge is 0.302 e. The summed E-state index contributed by atoms with van der Waals surface area (Å²) in [6.07, 6.45) is 1.18. The Morgan fingerprint density at radius 3 is 2.73 bits per heavy atom. The van der Waals surface area contributed by atoms with Crippen LogP contribution in [0, 0.1) is 10.1 Å². The molecule has 30 heavy (non-hydrogen) atoms. The summed E-state index contributed by atoms with van der Waals surface area (Å²) in [6.45, 7) is 0. The van der Waals surface area contributed by atoms with Gasteiger partial charge in [-0.25, -0.2) is 4.98 Å². The molecular weight excluding hydrogens is 428 g/mol. The number of hydrogen-bond acceptors (Lipinski definition) is 8. The summed E-state index contributed by atoms with van der Waals surface area (Å²) >= 11 is 2.04. The van der Waals surface area contributed by atoms with Crippen molar-refractivity contribution in [2.24, 2.45) is 0 Å². The molecule has 3 aromatic rings. The van der Waals surface area contributed by atoms with Gasteiger partial charge in [0.2, 0.25) is 5.91 Å². The zero-order valence-corrected chi connectivity index (χ0v) is 16.7. The van der Waals surface area contributed by atoms with Gasteiger partial charge in [0.25, 0.3) is 16.8 Å². The highest BCUT2D eigenvalue weighted by Crippen LogP contribution is 2.29. The molecule has 2 N–H and O–H groups in total. The highest BCUT2D eigenvalue weighted by atomic mass is 32.2. The Morgan fingerprint density at radius 2 is 2.03 bits per heavy atom. The Balaban J connectivity index is 1.53. The number of anilines is 1. The number of hydrogen-bond donors (Lipinski definition) is 2. The van der Waals surface area contributed by atoms with E-state index in [0.717, 1.165) is 22.0 Å². The van der Waals surface area contributed by atoms with E-state index in [1.807, 2.05) is 24.3 Å². The molecule has 0 atom stereocenters. The molecule has 2 heterocycles. The van der Waals surface area contributed by atoms with Crippen molar-refractivity contribution in [3.63, 3.8) is 0 Å². The minimum Gasteiger partial charge on any atom is -0.302 e. The van der Waals surface area contributed by atoms with Crippen molar-refractivity contribution in [1.29, 1.82) is 0 Å². The lowest BCUT2D eigenvalue weighted by Crippen LogP contribution is -2.17. The highest BCUT2D eigenvalue weighted by molar-refractivity contribution is 8.18. The zero-order valence-electron chi connectivity index (χ0n) is 15.1. The monoisotopic (exact) mass is 440 g/mol. The predicted molar refractivity (Wildman–Crippen MR) is 114 cm³/mol. The van der Waals surface area contributed by atoms with E-state index in [1.54, 1.807) is 6.07 Å². The number of carbonyl (C=O) groups excluding carboxylic acids is 3. The molecule has 1 aromatic heterocycles. The van der Waals surface area contributed by atoms with Gasteiger partial charge >= 0.3 is 0 Å². The Labute approximate surface area is 177 Å². The van der Waals surface area contributed by atoms with E-state index in [2.05, 4.69) is 15.6 Å². The maximum absolute atomic E-state index is 12.4. The maximum atomic E-state index is 12.4. The summed E-state index contributed by atoms with van der Waals surface area (Å²) in [5.74, 6) is -0.980. The molecule has 1 aliphatic rings. The van der Waals surface area contributed by atoms with Crippen LogP contribution < -0.4 is 10.6 Å². The number of nitrogens with zero attached hydrogens (tertiary/aromatic N) is 2. The normalized spacial score (nSPS) is 14.9. The SMILES string of the molecule is O=C(Cc1ccc(/C=C2\SC(=O)NC2=O)cc1[N+](=O)[O-])Nc1nc2ccccc2s1. The number of carbonyl (C=O) groups is 3. The molecule has 1 fully saturated rings. The molecule has 0 bridgehead atoms. The van der Waals surface area contributed by atoms with Gasteiger partial charge < -0.3 is 5.32 Å². The summed E-state index contributed by atoms with van der Waals surface area (Å²) in [7, 11) is 0. The number of nitrogens with one attached hydrogen (secondary N) is 2. The molecule has 4 rings (SSSR count). The number of thioether (sulfide) groups is 1. The van der Waals surface area contributed by atoms with Crippen LogP contribution in [0.4, 0.5) is 15.6 Å². The third-order valence-electron chi connectivity index (χ3n) is 4.14. The number of rotatable bonds is 5. The molecule has 0 saturated carbocycles. The second-order valence-corrected chi connectivity index (χ2v) is 8.25. The first-order chi connectivity index (χ1) is 14.4. The summed E-state index contributed by atoms with van der Waals surface area (Å²) in [5.41, 5.74) is 1.11. The number of nitro groups is 1. The molecule has 1 aliphatic heterocycles. The van der Waals surface area contributed by atoms with Crippen molar-refractivity contribution < 1.29 is 19.3 Å². The van der Waals surface area contributed by atoms with E-state index in [9.17, 15) is 24.5 Å².